The van der Waals surface area contributed by atoms with E-state index in [1.165, 1.54) is 0 Å². The first kappa shape index (κ1) is 16.3. The lowest BCUT2D eigenvalue weighted by Gasteiger charge is -2.34. The molecule has 6 heteroatoms. The number of nitrogens with zero attached hydrogens (tertiary/aromatic N) is 2. The number of nitrogens with one attached hydrogen (secondary N) is 1. The number of thioether (sulfide) groups is 1. The molecule has 2 aliphatic rings. The number of fused-ring (bicyclic) bond motifs is 1. The van der Waals surface area contributed by atoms with Crippen molar-refractivity contribution in [1.29, 1.82) is 0 Å². The van der Waals surface area contributed by atoms with Gasteiger partial charge in [0.2, 0.25) is 11.8 Å². The third kappa shape index (κ3) is 3.70. The van der Waals surface area contributed by atoms with Crippen molar-refractivity contribution in [2.75, 3.05) is 43.9 Å². The van der Waals surface area contributed by atoms with Gasteiger partial charge in [-0.1, -0.05) is 12.1 Å². The molecule has 5 nitrogen and oxygen atoms in total. The minimum Gasteiger partial charge on any atom is -0.341 e. The Hall–Kier alpha value is -1.53. The van der Waals surface area contributed by atoms with E-state index in [4.69, 9.17) is 0 Å². The van der Waals surface area contributed by atoms with Crippen molar-refractivity contribution in [1.82, 2.24) is 10.2 Å². The molecule has 0 aliphatic carbocycles. The molecule has 1 N–H and O–H groups in total. The van der Waals surface area contributed by atoms with E-state index in [0.29, 0.717) is 11.7 Å². The van der Waals surface area contributed by atoms with Gasteiger partial charge < -0.3 is 15.1 Å². The van der Waals surface area contributed by atoms with Gasteiger partial charge >= 0.3 is 0 Å². The summed E-state index contributed by atoms with van der Waals surface area (Å²) in [4.78, 5) is 29.5. The van der Waals surface area contributed by atoms with Crippen molar-refractivity contribution in [3.8, 4) is 0 Å². The number of hydrogen-bond acceptors (Lipinski definition) is 4. The average Bonchev–Trinajstić information content (AvgIpc) is 2.58. The first-order valence-corrected chi connectivity index (χ1v) is 9.12. The summed E-state index contributed by atoms with van der Waals surface area (Å²) in [5, 5.41) is 3.21. The fourth-order valence-electron chi connectivity index (χ4n) is 3.24. The van der Waals surface area contributed by atoms with E-state index in [-0.39, 0.29) is 18.4 Å². The van der Waals surface area contributed by atoms with Crippen molar-refractivity contribution in [2.45, 2.75) is 17.7 Å². The molecule has 23 heavy (non-hydrogen) atoms. The van der Waals surface area contributed by atoms with E-state index < -0.39 is 0 Å². The van der Waals surface area contributed by atoms with Crippen LogP contribution >= 0.6 is 11.8 Å². The highest BCUT2D eigenvalue weighted by Crippen LogP contribution is 2.34. The van der Waals surface area contributed by atoms with E-state index in [9.17, 15) is 9.59 Å². The van der Waals surface area contributed by atoms with Gasteiger partial charge in [-0.05, 0) is 44.5 Å². The van der Waals surface area contributed by atoms with Crippen molar-refractivity contribution < 1.29 is 9.59 Å². The van der Waals surface area contributed by atoms with Crippen LogP contribution in [0.3, 0.4) is 0 Å². The Labute approximate surface area is 141 Å². The highest BCUT2D eigenvalue weighted by Gasteiger charge is 2.29. The molecule has 1 aromatic carbocycles. The van der Waals surface area contributed by atoms with Crippen molar-refractivity contribution in [3.05, 3.63) is 24.3 Å². The Morgan fingerprint density at radius 3 is 2.78 bits per heavy atom. The molecular weight excluding hydrogens is 310 g/mol. The van der Waals surface area contributed by atoms with Gasteiger partial charge in [-0.15, -0.1) is 11.8 Å². The first-order chi connectivity index (χ1) is 11.2. The van der Waals surface area contributed by atoms with Crippen LogP contribution in [0.5, 0.6) is 0 Å². The Morgan fingerprint density at radius 1 is 1.30 bits per heavy atom. The number of carbonyl (C=O) groups is 2. The van der Waals surface area contributed by atoms with Gasteiger partial charge in [-0.25, -0.2) is 0 Å². The first-order valence-electron chi connectivity index (χ1n) is 8.13. The van der Waals surface area contributed by atoms with Crippen molar-refractivity contribution in [3.63, 3.8) is 0 Å². The molecule has 2 amide bonds. The molecule has 1 saturated heterocycles. The maximum atomic E-state index is 12.6. The summed E-state index contributed by atoms with van der Waals surface area (Å²) >= 11 is 1.55. The zero-order valence-electron chi connectivity index (χ0n) is 13.5. The van der Waals surface area contributed by atoms with Crippen LogP contribution in [0, 0.1) is 5.92 Å². The smallest absolute Gasteiger partial charge is 0.242 e. The van der Waals surface area contributed by atoms with Gasteiger partial charge in [0.1, 0.15) is 6.54 Å². The number of anilines is 1. The number of para-hydroxylation sites is 1. The Bertz CT molecular complexity index is 585. The Balaban J connectivity index is 1.63. The zero-order chi connectivity index (χ0) is 16.2. The topological polar surface area (TPSA) is 52.7 Å². The molecule has 1 fully saturated rings. The number of piperidine rings is 1. The molecule has 0 atom stereocenters. The predicted molar refractivity (Wildman–Crippen MR) is 92.7 cm³/mol. The summed E-state index contributed by atoms with van der Waals surface area (Å²) in [5.41, 5.74) is 0.868. The fourth-order valence-corrected chi connectivity index (χ4v) is 4.17. The van der Waals surface area contributed by atoms with Crippen LogP contribution in [0.25, 0.3) is 0 Å². The van der Waals surface area contributed by atoms with E-state index in [2.05, 4.69) is 5.32 Å². The minimum absolute atomic E-state index is 0.0205. The molecule has 0 spiro atoms. The minimum atomic E-state index is 0.0205. The second-order valence-electron chi connectivity index (χ2n) is 6.12. The van der Waals surface area contributed by atoms with Crippen LogP contribution in [0.15, 0.2) is 29.2 Å². The second-order valence-corrected chi connectivity index (χ2v) is 7.14. The average molecular weight is 333 g/mol. The van der Waals surface area contributed by atoms with Gasteiger partial charge in [-0.2, -0.15) is 0 Å². The lowest BCUT2D eigenvalue weighted by molar-refractivity contribution is -0.132. The lowest BCUT2D eigenvalue weighted by Crippen LogP contribution is -2.47. The van der Waals surface area contributed by atoms with Gasteiger partial charge in [0.05, 0.1) is 11.4 Å². The summed E-state index contributed by atoms with van der Waals surface area (Å²) in [7, 11) is 1.97. The number of benzene rings is 1. The number of likely N-dealkylation sites (tertiary alicyclic amines) is 1. The van der Waals surface area contributed by atoms with E-state index in [1.807, 2.05) is 36.2 Å². The van der Waals surface area contributed by atoms with E-state index in [1.54, 1.807) is 16.7 Å². The predicted octanol–water partition coefficient (Wildman–Crippen LogP) is 1.58. The summed E-state index contributed by atoms with van der Waals surface area (Å²) in [6, 6.07) is 7.81. The third-order valence-electron chi connectivity index (χ3n) is 4.56. The van der Waals surface area contributed by atoms with Gasteiger partial charge in [0.25, 0.3) is 0 Å². The molecular formula is C17H23N3O2S. The third-order valence-corrected chi connectivity index (χ3v) is 5.61. The summed E-state index contributed by atoms with van der Waals surface area (Å²) in [6.45, 7) is 2.76. The van der Waals surface area contributed by atoms with Crippen LogP contribution in [0.4, 0.5) is 5.69 Å². The molecule has 3 rings (SSSR count). The fraction of sp³-hybridized carbons (Fsp3) is 0.529. The van der Waals surface area contributed by atoms with Crippen molar-refractivity contribution in [2.24, 2.45) is 5.92 Å². The molecule has 0 radical (unpaired) electrons. The maximum Gasteiger partial charge on any atom is 0.242 e. The van der Waals surface area contributed by atoms with Gasteiger partial charge in [-0.3, -0.25) is 9.59 Å². The SMILES string of the molecule is CNCC1CCN(C(=O)CN2C(=O)CSc3ccccc32)CC1. The number of hydrogen-bond donors (Lipinski definition) is 1. The molecule has 0 bridgehead atoms. The van der Waals surface area contributed by atoms with Crippen LogP contribution in [0.1, 0.15) is 12.8 Å². The summed E-state index contributed by atoms with van der Waals surface area (Å²) < 4.78 is 0. The Morgan fingerprint density at radius 2 is 2.04 bits per heavy atom. The molecule has 0 aromatic heterocycles. The molecule has 0 unspecified atom stereocenters. The van der Waals surface area contributed by atoms with Gasteiger partial charge in [0.15, 0.2) is 0 Å². The highest BCUT2D eigenvalue weighted by atomic mass is 32.2. The van der Waals surface area contributed by atoms with Crippen LogP contribution in [-0.2, 0) is 9.59 Å². The Kier molecular flexibility index (Phi) is 5.23. The van der Waals surface area contributed by atoms with E-state index in [0.717, 1.165) is 43.1 Å². The van der Waals surface area contributed by atoms with Crippen LogP contribution < -0.4 is 10.2 Å². The lowest BCUT2D eigenvalue weighted by atomic mass is 9.97. The molecule has 0 saturated carbocycles. The maximum absolute atomic E-state index is 12.6. The molecule has 2 heterocycles. The second kappa shape index (κ2) is 7.36. The number of amides is 2. The monoisotopic (exact) mass is 333 g/mol. The molecule has 124 valence electrons. The van der Waals surface area contributed by atoms with Crippen LogP contribution in [-0.4, -0.2) is 55.7 Å². The van der Waals surface area contributed by atoms with Gasteiger partial charge in [0, 0.05) is 18.0 Å². The largest absolute Gasteiger partial charge is 0.341 e. The van der Waals surface area contributed by atoms with Crippen molar-refractivity contribution >= 4 is 29.3 Å². The zero-order valence-corrected chi connectivity index (χ0v) is 14.3. The van der Waals surface area contributed by atoms with E-state index >= 15 is 0 Å². The molecule has 1 aromatic rings. The quantitative estimate of drug-likeness (QED) is 0.909. The molecule has 2 aliphatic heterocycles. The number of carbonyl (C=O) groups excluding carboxylic acids is 2. The number of rotatable bonds is 4. The highest BCUT2D eigenvalue weighted by molar-refractivity contribution is 8.00. The normalized spacial score (nSPS) is 18.9. The standard InChI is InChI=1S/C17H23N3O2S/c1-18-10-13-6-8-19(9-7-13)16(21)11-20-14-4-2-3-5-15(14)23-12-17(20)22/h2-5,13,18H,6-12H2,1H3. The summed E-state index contributed by atoms with van der Waals surface area (Å²) in [6.07, 6.45) is 2.07. The summed E-state index contributed by atoms with van der Waals surface area (Å²) in [5.74, 6) is 1.14. The van der Waals surface area contributed by atoms with Crippen LogP contribution in [0.2, 0.25) is 0 Å².